The second-order valence-electron chi connectivity index (χ2n) is 6.40. The number of methoxy groups -OCH3 is 2. The molecule has 2 aromatic rings. The number of anilines is 2. The summed E-state index contributed by atoms with van der Waals surface area (Å²) in [5.74, 6) is -0.700. The molecular formula is C21H26N4O5. The van der Waals surface area contributed by atoms with Gasteiger partial charge in [-0.05, 0) is 23.3 Å². The molecule has 1 heterocycles. The monoisotopic (exact) mass is 414 g/mol. The van der Waals surface area contributed by atoms with Gasteiger partial charge in [0.1, 0.15) is 6.54 Å². The number of amides is 2. The first-order valence-electron chi connectivity index (χ1n) is 9.26. The molecule has 3 rings (SSSR count). The number of nitrogens with zero attached hydrogens (tertiary/aromatic N) is 1. The summed E-state index contributed by atoms with van der Waals surface area (Å²) >= 11 is 0. The van der Waals surface area contributed by atoms with Gasteiger partial charge in [-0.15, -0.1) is 0 Å². The summed E-state index contributed by atoms with van der Waals surface area (Å²) in [4.78, 5) is 34.9. The minimum Gasteiger partial charge on any atom is -0.468 e. The summed E-state index contributed by atoms with van der Waals surface area (Å²) in [7, 11) is 2.67. The largest absolute Gasteiger partial charge is 0.468 e. The van der Waals surface area contributed by atoms with Gasteiger partial charge in [0.25, 0.3) is 0 Å². The summed E-state index contributed by atoms with van der Waals surface area (Å²) in [6.45, 7) is 1.17. The molecule has 4 N–H and O–H groups in total. The zero-order chi connectivity index (χ0) is 21.9. The maximum Gasteiger partial charge on any atom is 0.325 e. The molecule has 1 aliphatic heterocycles. The van der Waals surface area contributed by atoms with Crippen molar-refractivity contribution in [1.29, 1.82) is 0 Å². The lowest BCUT2D eigenvalue weighted by molar-refractivity contribution is -0.141. The number of urea groups is 1. The lowest BCUT2D eigenvalue weighted by Gasteiger charge is -2.28. The Balaban J connectivity index is 0.000000216. The molecule has 0 aliphatic carbocycles. The molecule has 0 unspecified atom stereocenters. The first-order valence-corrected chi connectivity index (χ1v) is 9.26. The summed E-state index contributed by atoms with van der Waals surface area (Å²) in [5.41, 5.74) is 9.21. The summed E-state index contributed by atoms with van der Waals surface area (Å²) in [6, 6.07) is 14.8. The van der Waals surface area contributed by atoms with Crippen LogP contribution in [-0.4, -0.2) is 50.2 Å². The molecule has 0 bridgehead atoms. The predicted molar refractivity (Wildman–Crippen MR) is 112 cm³/mol. The molecule has 2 aromatic carbocycles. The van der Waals surface area contributed by atoms with Crippen molar-refractivity contribution < 1.29 is 23.9 Å². The third-order valence-electron chi connectivity index (χ3n) is 4.32. The number of carbonyl (C=O) groups is 3. The molecule has 30 heavy (non-hydrogen) atoms. The van der Waals surface area contributed by atoms with Gasteiger partial charge in [0.15, 0.2) is 0 Å². The molecule has 9 nitrogen and oxygen atoms in total. The topological polar surface area (TPSA) is 123 Å². The average molecular weight is 414 g/mol. The number of ether oxygens (including phenoxy) is 2. The molecule has 0 saturated heterocycles. The van der Waals surface area contributed by atoms with Gasteiger partial charge in [-0.3, -0.25) is 9.59 Å². The highest BCUT2D eigenvalue weighted by Gasteiger charge is 2.24. The van der Waals surface area contributed by atoms with Gasteiger partial charge in [-0.2, -0.15) is 0 Å². The summed E-state index contributed by atoms with van der Waals surface area (Å²) in [6.07, 6.45) is 0. The first kappa shape index (κ1) is 22.7. The van der Waals surface area contributed by atoms with E-state index in [4.69, 9.17) is 5.73 Å². The number of nitrogens with one attached hydrogen (secondary N) is 2. The van der Waals surface area contributed by atoms with E-state index in [1.54, 1.807) is 0 Å². The van der Waals surface area contributed by atoms with Crippen LogP contribution in [0.25, 0.3) is 0 Å². The van der Waals surface area contributed by atoms with Crippen molar-refractivity contribution in [1.82, 2.24) is 10.2 Å². The molecule has 0 fully saturated rings. The highest BCUT2D eigenvalue weighted by Crippen LogP contribution is 2.22. The van der Waals surface area contributed by atoms with Crippen molar-refractivity contribution in [2.75, 3.05) is 38.4 Å². The molecule has 160 valence electrons. The highest BCUT2D eigenvalue weighted by molar-refractivity contribution is 5.94. The van der Waals surface area contributed by atoms with E-state index in [0.717, 1.165) is 22.5 Å². The molecule has 9 heteroatoms. The van der Waals surface area contributed by atoms with Gasteiger partial charge in [-0.1, -0.05) is 36.4 Å². The number of hydrogen-bond donors (Lipinski definition) is 3. The van der Waals surface area contributed by atoms with Crippen LogP contribution in [0.15, 0.2) is 48.5 Å². The van der Waals surface area contributed by atoms with Crippen LogP contribution in [0.4, 0.5) is 16.2 Å². The predicted octanol–water partition coefficient (Wildman–Crippen LogP) is 1.74. The normalized spacial score (nSPS) is 12.1. The van der Waals surface area contributed by atoms with Crippen LogP contribution >= 0.6 is 0 Å². The van der Waals surface area contributed by atoms with Crippen LogP contribution in [0.1, 0.15) is 11.1 Å². The van der Waals surface area contributed by atoms with Crippen LogP contribution in [0.2, 0.25) is 0 Å². The van der Waals surface area contributed by atoms with Crippen molar-refractivity contribution >= 4 is 29.3 Å². The second-order valence-corrected chi connectivity index (χ2v) is 6.40. The number of hydrogen-bond acceptors (Lipinski definition) is 7. The minimum absolute atomic E-state index is 0.0311. The number of carbonyl (C=O) groups excluding carboxylic acids is 3. The number of para-hydroxylation sites is 2. The SMILES string of the molecule is COC(=O)CN1Cc2ccccc2NC1=O.COC(=O)CNCc1ccccc1N. The Labute approximate surface area is 175 Å². The molecule has 2 amide bonds. The first-order chi connectivity index (χ1) is 14.4. The van der Waals surface area contributed by atoms with Crippen LogP contribution in [0.5, 0.6) is 0 Å². The number of rotatable bonds is 6. The van der Waals surface area contributed by atoms with E-state index in [1.807, 2.05) is 48.5 Å². The quantitative estimate of drug-likeness (QED) is 0.486. The second kappa shape index (κ2) is 11.4. The summed E-state index contributed by atoms with van der Waals surface area (Å²) in [5, 5.41) is 5.66. The Hall–Kier alpha value is -3.59. The lowest BCUT2D eigenvalue weighted by atomic mass is 10.1. The van der Waals surface area contributed by atoms with Gasteiger partial charge in [0, 0.05) is 17.9 Å². The van der Waals surface area contributed by atoms with E-state index in [9.17, 15) is 14.4 Å². The zero-order valence-corrected chi connectivity index (χ0v) is 17.0. The standard InChI is InChI=1S/C11H12N2O3.C10H14N2O2/c1-16-10(14)7-13-6-8-4-2-3-5-9(8)12-11(13)15;1-14-10(13)7-12-6-8-4-2-3-5-9(8)11/h2-5H,6-7H2,1H3,(H,12,15);2-5,12H,6-7,11H2,1H3. The number of nitrogen functional groups attached to an aromatic ring is 1. The Bertz CT molecular complexity index is 887. The minimum atomic E-state index is -0.422. The van der Waals surface area contributed by atoms with Crippen LogP contribution in [0.3, 0.4) is 0 Å². The molecule has 0 saturated carbocycles. The number of nitrogens with two attached hydrogens (primary N) is 1. The smallest absolute Gasteiger partial charge is 0.325 e. The highest BCUT2D eigenvalue weighted by atomic mass is 16.5. The van der Waals surface area contributed by atoms with Crippen LogP contribution in [-0.2, 0) is 32.2 Å². The van der Waals surface area contributed by atoms with Gasteiger partial charge in [0.2, 0.25) is 0 Å². The average Bonchev–Trinajstić information content (AvgIpc) is 2.75. The molecule has 1 aliphatic rings. The van der Waals surface area contributed by atoms with E-state index in [2.05, 4.69) is 20.1 Å². The molecular weight excluding hydrogens is 388 g/mol. The van der Waals surface area contributed by atoms with Gasteiger partial charge < -0.3 is 30.7 Å². The Morgan fingerprint density at radius 3 is 2.43 bits per heavy atom. The fraction of sp³-hybridized carbons (Fsp3) is 0.286. The van der Waals surface area contributed by atoms with E-state index in [0.29, 0.717) is 13.1 Å². The zero-order valence-electron chi connectivity index (χ0n) is 17.0. The molecule has 0 spiro atoms. The maximum absolute atomic E-state index is 11.6. The van der Waals surface area contributed by atoms with E-state index < -0.39 is 5.97 Å². The van der Waals surface area contributed by atoms with Crippen molar-refractivity contribution in [3.05, 3.63) is 59.7 Å². The third-order valence-corrected chi connectivity index (χ3v) is 4.32. The number of esters is 2. The van der Waals surface area contributed by atoms with E-state index >= 15 is 0 Å². The van der Waals surface area contributed by atoms with Crippen LogP contribution in [0, 0.1) is 0 Å². The Kier molecular flexibility index (Phi) is 8.64. The molecule has 0 aromatic heterocycles. The van der Waals surface area contributed by atoms with Crippen LogP contribution < -0.4 is 16.4 Å². The Morgan fingerprint density at radius 2 is 1.73 bits per heavy atom. The van der Waals surface area contributed by atoms with Gasteiger partial charge in [-0.25, -0.2) is 4.79 Å². The fourth-order valence-corrected chi connectivity index (χ4v) is 2.67. The fourth-order valence-electron chi connectivity index (χ4n) is 2.67. The van der Waals surface area contributed by atoms with Crippen molar-refractivity contribution in [3.63, 3.8) is 0 Å². The van der Waals surface area contributed by atoms with Gasteiger partial charge in [0.05, 0.1) is 27.3 Å². The lowest BCUT2D eigenvalue weighted by Crippen LogP contribution is -2.41. The third kappa shape index (κ3) is 6.78. The van der Waals surface area contributed by atoms with Crippen molar-refractivity contribution in [3.8, 4) is 0 Å². The molecule has 0 radical (unpaired) electrons. The van der Waals surface area contributed by atoms with E-state index in [-0.39, 0.29) is 25.1 Å². The van der Waals surface area contributed by atoms with Crippen molar-refractivity contribution in [2.24, 2.45) is 0 Å². The van der Waals surface area contributed by atoms with Crippen molar-refractivity contribution in [2.45, 2.75) is 13.1 Å². The Morgan fingerprint density at radius 1 is 1.07 bits per heavy atom. The number of benzene rings is 2. The molecule has 0 atom stereocenters. The number of fused-ring (bicyclic) bond motifs is 1. The summed E-state index contributed by atoms with van der Waals surface area (Å²) < 4.78 is 9.01. The van der Waals surface area contributed by atoms with E-state index in [1.165, 1.54) is 19.1 Å². The maximum atomic E-state index is 11.6. The van der Waals surface area contributed by atoms with Gasteiger partial charge >= 0.3 is 18.0 Å².